The number of halogens is 1. The second-order valence-electron chi connectivity index (χ2n) is 7.14. The number of hydrogen-bond donors (Lipinski definition) is 0. The van der Waals surface area contributed by atoms with Gasteiger partial charge in [0, 0.05) is 32.2 Å². The number of hydrogen-bond acceptors (Lipinski definition) is 3. The van der Waals surface area contributed by atoms with Crippen LogP contribution in [0.25, 0.3) is 0 Å². The van der Waals surface area contributed by atoms with Crippen molar-refractivity contribution in [1.82, 2.24) is 9.21 Å². The molecule has 1 saturated heterocycles. The van der Waals surface area contributed by atoms with Crippen molar-refractivity contribution in [2.45, 2.75) is 36.6 Å². The number of benzene rings is 1. The Morgan fingerprint density at radius 3 is 2.22 bits per heavy atom. The predicted octanol–water partition coefficient (Wildman–Crippen LogP) is 2.32. The largest absolute Gasteiger partial charge is 0.297 e. The summed E-state index contributed by atoms with van der Waals surface area (Å²) in [5.41, 5.74) is 0. The fourth-order valence-corrected chi connectivity index (χ4v) is 6.11. The summed E-state index contributed by atoms with van der Waals surface area (Å²) in [5, 5.41) is 0. The van der Waals surface area contributed by atoms with Gasteiger partial charge in [-0.15, -0.1) is 0 Å². The molecule has 0 spiro atoms. The van der Waals surface area contributed by atoms with E-state index in [4.69, 9.17) is 0 Å². The van der Waals surface area contributed by atoms with E-state index >= 15 is 0 Å². The Kier molecular flexibility index (Phi) is 3.94. The molecule has 3 atom stereocenters. The highest BCUT2D eigenvalue weighted by Gasteiger charge is 2.43. The van der Waals surface area contributed by atoms with Gasteiger partial charge < -0.3 is 0 Å². The van der Waals surface area contributed by atoms with Crippen molar-refractivity contribution in [2.24, 2.45) is 11.8 Å². The first-order valence-electron chi connectivity index (χ1n) is 8.54. The van der Waals surface area contributed by atoms with E-state index < -0.39 is 15.8 Å². The Balaban J connectivity index is 1.42. The smallest absolute Gasteiger partial charge is 0.243 e. The Bertz CT molecular complexity index is 668. The SMILES string of the molecule is O=S(=O)(c1ccc(F)cc1)N1CCN([C@H]2C[C@@H]3CC[C@@H]2C3)CC1. The van der Waals surface area contributed by atoms with E-state index in [0.717, 1.165) is 24.9 Å². The minimum atomic E-state index is -3.50. The van der Waals surface area contributed by atoms with E-state index in [1.165, 1.54) is 49.9 Å². The first-order valence-corrected chi connectivity index (χ1v) is 9.98. The molecule has 3 fully saturated rings. The summed E-state index contributed by atoms with van der Waals surface area (Å²) in [6, 6.07) is 5.79. The van der Waals surface area contributed by atoms with Crippen LogP contribution in [0.15, 0.2) is 29.2 Å². The molecule has 1 aromatic rings. The molecule has 1 aliphatic heterocycles. The molecule has 0 unspecified atom stereocenters. The highest BCUT2D eigenvalue weighted by Crippen LogP contribution is 2.46. The molecule has 4 rings (SSSR count). The van der Waals surface area contributed by atoms with Crippen LogP contribution < -0.4 is 0 Å². The first-order chi connectivity index (χ1) is 11.0. The Morgan fingerprint density at radius 2 is 1.65 bits per heavy atom. The number of fused-ring (bicyclic) bond motifs is 2. The van der Waals surface area contributed by atoms with E-state index in [-0.39, 0.29) is 4.90 Å². The molecule has 23 heavy (non-hydrogen) atoms. The molecule has 0 N–H and O–H groups in total. The Morgan fingerprint density at radius 1 is 0.957 bits per heavy atom. The van der Waals surface area contributed by atoms with Gasteiger partial charge in [0.15, 0.2) is 0 Å². The monoisotopic (exact) mass is 338 g/mol. The fraction of sp³-hybridized carbons (Fsp3) is 0.647. The van der Waals surface area contributed by atoms with Gasteiger partial charge >= 0.3 is 0 Å². The van der Waals surface area contributed by atoms with Crippen LogP contribution in [0, 0.1) is 17.7 Å². The van der Waals surface area contributed by atoms with Crippen molar-refractivity contribution in [3.05, 3.63) is 30.1 Å². The van der Waals surface area contributed by atoms with Crippen LogP contribution in [0.2, 0.25) is 0 Å². The molecule has 126 valence electrons. The summed E-state index contributed by atoms with van der Waals surface area (Å²) < 4.78 is 39.8. The third-order valence-corrected chi connectivity index (χ3v) is 7.81. The number of rotatable bonds is 3. The molecule has 0 aromatic heterocycles. The van der Waals surface area contributed by atoms with Gasteiger partial charge in [0.05, 0.1) is 4.90 Å². The van der Waals surface area contributed by atoms with E-state index in [0.29, 0.717) is 19.1 Å². The standard InChI is InChI=1S/C17H23FN2O2S/c18-15-3-5-16(6-4-15)23(21,22)20-9-7-19(8-10-20)17-12-13-1-2-14(17)11-13/h3-6,13-14,17H,1-2,7-12H2/t13-,14-,17+/m1/s1. The topological polar surface area (TPSA) is 40.6 Å². The van der Waals surface area contributed by atoms with Crippen LogP contribution >= 0.6 is 0 Å². The van der Waals surface area contributed by atoms with E-state index in [2.05, 4.69) is 4.90 Å². The van der Waals surface area contributed by atoms with Crippen molar-refractivity contribution >= 4 is 10.0 Å². The molecule has 1 heterocycles. The summed E-state index contributed by atoms with van der Waals surface area (Å²) in [6.07, 6.45) is 5.41. The van der Waals surface area contributed by atoms with Crippen LogP contribution in [0.3, 0.4) is 0 Å². The minimum absolute atomic E-state index is 0.187. The Hall–Kier alpha value is -0.980. The molecule has 3 aliphatic rings. The van der Waals surface area contributed by atoms with Crippen molar-refractivity contribution in [3.63, 3.8) is 0 Å². The van der Waals surface area contributed by atoms with Crippen molar-refractivity contribution in [1.29, 1.82) is 0 Å². The zero-order chi connectivity index (χ0) is 16.0. The van der Waals surface area contributed by atoms with E-state index in [1.54, 1.807) is 4.31 Å². The van der Waals surface area contributed by atoms with Crippen LogP contribution in [0.5, 0.6) is 0 Å². The average Bonchev–Trinajstić information content (AvgIpc) is 3.18. The number of nitrogens with zero attached hydrogens (tertiary/aromatic N) is 2. The second kappa shape index (κ2) is 5.83. The predicted molar refractivity (Wildman–Crippen MR) is 86.0 cm³/mol. The summed E-state index contributed by atoms with van der Waals surface area (Å²) in [6.45, 7) is 2.70. The zero-order valence-corrected chi connectivity index (χ0v) is 14.0. The number of sulfonamides is 1. The lowest BCUT2D eigenvalue weighted by atomic mass is 9.93. The van der Waals surface area contributed by atoms with Crippen LogP contribution in [-0.4, -0.2) is 49.8 Å². The maximum atomic E-state index is 13.0. The van der Waals surface area contributed by atoms with Gasteiger partial charge in [-0.25, -0.2) is 12.8 Å². The van der Waals surface area contributed by atoms with Gasteiger partial charge in [-0.2, -0.15) is 4.31 Å². The minimum Gasteiger partial charge on any atom is -0.297 e. The average molecular weight is 338 g/mol. The van der Waals surface area contributed by atoms with Gasteiger partial charge in [-0.1, -0.05) is 6.42 Å². The van der Waals surface area contributed by atoms with E-state index in [9.17, 15) is 12.8 Å². The molecule has 2 saturated carbocycles. The molecular formula is C17H23FN2O2S. The molecule has 2 bridgehead atoms. The summed E-state index contributed by atoms with van der Waals surface area (Å²) >= 11 is 0. The summed E-state index contributed by atoms with van der Waals surface area (Å²) in [4.78, 5) is 2.69. The molecule has 0 radical (unpaired) electrons. The van der Waals surface area contributed by atoms with Crippen molar-refractivity contribution in [2.75, 3.05) is 26.2 Å². The second-order valence-corrected chi connectivity index (χ2v) is 9.07. The molecule has 4 nitrogen and oxygen atoms in total. The third-order valence-electron chi connectivity index (χ3n) is 5.89. The Labute approximate surface area is 137 Å². The lowest BCUT2D eigenvalue weighted by Gasteiger charge is -2.40. The summed E-state index contributed by atoms with van der Waals surface area (Å²) in [7, 11) is -3.50. The maximum Gasteiger partial charge on any atom is 0.243 e. The quantitative estimate of drug-likeness (QED) is 0.849. The zero-order valence-electron chi connectivity index (χ0n) is 13.2. The van der Waals surface area contributed by atoms with Crippen LogP contribution in [0.1, 0.15) is 25.7 Å². The maximum absolute atomic E-state index is 13.0. The summed E-state index contributed by atoms with van der Waals surface area (Å²) in [5.74, 6) is 1.33. The van der Waals surface area contributed by atoms with E-state index in [1.807, 2.05) is 0 Å². The molecule has 0 amide bonds. The highest BCUT2D eigenvalue weighted by molar-refractivity contribution is 7.89. The van der Waals surface area contributed by atoms with Gasteiger partial charge in [-0.05, 0) is 55.4 Å². The lowest BCUT2D eigenvalue weighted by molar-refractivity contribution is 0.101. The van der Waals surface area contributed by atoms with Gasteiger partial charge in [0.2, 0.25) is 10.0 Å². The normalized spacial score (nSPS) is 32.5. The van der Waals surface area contributed by atoms with Crippen molar-refractivity contribution < 1.29 is 12.8 Å². The van der Waals surface area contributed by atoms with Crippen molar-refractivity contribution in [3.8, 4) is 0 Å². The molecular weight excluding hydrogens is 315 g/mol. The third kappa shape index (κ3) is 2.81. The van der Waals surface area contributed by atoms with Gasteiger partial charge in [0.25, 0.3) is 0 Å². The van der Waals surface area contributed by atoms with Gasteiger partial charge in [0.1, 0.15) is 5.82 Å². The number of piperazine rings is 1. The molecule has 6 heteroatoms. The lowest BCUT2D eigenvalue weighted by Crippen LogP contribution is -2.53. The molecule has 2 aliphatic carbocycles. The first kappa shape index (κ1) is 15.5. The molecule has 1 aromatic carbocycles. The highest BCUT2D eigenvalue weighted by atomic mass is 32.2. The van der Waals surface area contributed by atoms with Gasteiger partial charge in [-0.3, -0.25) is 4.90 Å². The fourth-order valence-electron chi connectivity index (χ4n) is 4.69. The van der Waals surface area contributed by atoms with Crippen LogP contribution in [0.4, 0.5) is 4.39 Å². The van der Waals surface area contributed by atoms with Crippen LogP contribution in [-0.2, 0) is 10.0 Å².